The molecule has 1 atom stereocenters. The van der Waals surface area contributed by atoms with Gasteiger partial charge in [0.1, 0.15) is 11.9 Å². The fourth-order valence-corrected chi connectivity index (χ4v) is 3.73. The highest BCUT2D eigenvalue weighted by molar-refractivity contribution is 7.92. The topological polar surface area (TPSA) is 102 Å². The largest absolute Gasteiger partial charge is 0.467 e. The van der Waals surface area contributed by atoms with Crippen molar-refractivity contribution >= 4 is 27.6 Å². The summed E-state index contributed by atoms with van der Waals surface area (Å²) in [6.45, 7) is 3.79. The van der Waals surface area contributed by atoms with E-state index in [1.807, 2.05) is 13.8 Å². The molecule has 0 aliphatic heterocycles. The summed E-state index contributed by atoms with van der Waals surface area (Å²) < 4.78 is 45.8. The third kappa shape index (κ3) is 6.02. The zero-order valence-electron chi connectivity index (χ0n) is 16.3. The van der Waals surface area contributed by atoms with Crippen LogP contribution in [-0.2, 0) is 19.6 Å². The molecule has 1 unspecified atom stereocenters. The van der Waals surface area contributed by atoms with E-state index in [1.165, 1.54) is 43.5 Å². The molecular weight excluding hydrogens is 399 g/mol. The first-order valence-corrected chi connectivity index (χ1v) is 10.4. The van der Waals surface area contributed by atoms with E-state index in [4.69, 9.17) is 4.74 Å². The third-order valence-corrected chi connectivity index (χ3v) is 5.39. The van der Waals surface area contributed by atoms with Gasteiger partial charge in [0.2, 0.25) is 0 Å². The van der Waals surface area contributed by atoms with Crippen LogP contribution in [0.3, 0.4) is 0 Å². The highest BCUT2D eigenvalue weighted by atomic mass is 32.2. The maximum absolute atomic E-state index is 13.8. The number of anilines is 1. The summed E-state index contributed by atoms with van der Waals surface area (Å²) in [7, 11) is -2.90. The number of esters is 1. The van der Waals surface area contributed by atoms with Crippen LogP contribution in [0.5, 0.6) is 0 Å². The summed E-state index contributed by atoms with van der Waals surface area (Å²) in [4.78, 5) is 24.2. The van der Waals surface area contributed by atoms with Gasteiger partial charge in [0, 0.05) is 5.56 Å². The van der Waals surface area contributed by atoms with E-state index >= 15 is 0 Å². The average molecular weight is 422 g/mol. The van der Waals surface area contributed by atoms with E-state index < -0.39 is 33.8 Å². The summed E-state index contributed by atoms with van der Waals surface area (Å²) in [5.74, 6) is -1.81. The van der Waals surface area contributed by atoms with E-state index in [-0.39, 0.29) is 22.1 Å². The van der Waals surface area contributed by atoms with Gasteiger partial charge >= 0.3 is 5.97 Å². The number of carbonyl (C=O) groups excluding carboxylic acids is 2. The van der Waals surface area contributed by atoms with Gasteiger partial charge in [-0.25, -0.2) is 17.6 Å². The number of sulfonamides is 1. The van der Waals surface area contributed by atoms with Gasteiger partial charge in [0.15, 0.2) is 0 Å². The van der Waals surface area contributed by atoms with Gasteiger partial charge in [-0.1, -0.05) is 32.0 Å². The van der Waals surface area contributed by atoms with Crippen LogP contribution in [0.1, 0.15) is 30.6 Å². The molecule has 2 aromatic rings. The molecule has 0 aliphatic rings. The zero-order valence-corrected chi connectivity index (χ0v) is 17.1. The quantitative estimate of drug-likeness (QED) is 0.637. The monoisotopic (exact) mass is 422 g/mol. The molecule has 2 N–H and O–H groups in total. The number of ether oxygens (including phenoxy) is 1. The molecule has 0 saturated heterocycles. The van der Waals surface area contributed by atoms with Gasteiger partial charge in [-0.3, -0.25) is 9.52 Å². The number of methoxy groups -OCH3 is 1. The molecule has 0 radical (unpaired) electrons. The van der Waals surface area contributed by atoms with E-state index in [2.05, 4.69) is 10.0 Å². The molecule has 2 aromatic carbocycles. The number of halogens is 1. The Morgan fingerprint density at radius 3 is 2.41 bits per heavy atom. The van der Waals surface area contributed by atoms with Crippen molar-refractivity contribution in [3.8, 4) is 0 Å². The van der Waals surface area contributed by atoms with Crippen molar-refractivity contribution in [2.75, 3.05) is 11.8 Å². The minimum absolute atomic E-state index is 0.0408. The van der Waals surface area contributed by atoms with Crippen molar-refractivity contribution in [2.45, 2.75) is 31.2 Å². The molecule has 9 heteroatoms. The average Bonchev–Trinajstić information content (AvgIpc) is 2.68. The Labute approximate surface area is 169 Å². The number of hydrogen-bond donors (Lipinski definition) is 2. The molecule has 1 amide bonds. The van der Waals surface area contributed by atoms with Gasteiger partial charge in [-0.2, -0.15) is 0 Å². The van der Waals surface area contributed by atoms with Crippen molar-refractivity contribution < 1.29 is 27.1 Å². The van der Waals surface area contributed by atoms with Crippen LogP contribution < -0.4 is 10.0 Å². The molecule has 0 fully saturated rings. The molecule has 0 aromatic heterocycles. The highest BCUT2D eigenvalue weighted by Crippen LogP contribution is 2.20. The lowest BCUT2D eigenvalue weighted by Gasteiger charge is -2.18. The second-order valence-electron chi connectivity index (χ2n) is 6.79. The summed E-state index contributed by atoms with van der Waals surface area (Å²) in [5, 5.41) is 2.56. The summed E-state index contributed by atoms with van der Waals surface area (Å²) >= 11 is 0. The van der Waals surface area contributed by atoms with Gasteiger partial charge < -0.3 is 10.1 Å². The van der Waals surface area contributed by atoms with Gasteiger partial charge in [0.05, 0.1) is 17.7 Å². The Morgan fingerprint density at radius 2 is 1.79 bits per heavy atom. The lowest BCUT2D eigenvalue weighted by atomic mass is 10.0. The molecule has 0 saturated carbocycles. The van der Waals surface area contributed by atoms with Crippen LogP contribution in [0, 0.1) is 11.7 Å². The van der Waals surface area contributed by atoms with Crippen LogP contribution >= 0.6 is 0 Å². The Kier molecular flexibility index (Phi) is 7.33. The van der Waals surface area contributed by atoms with Crippen molar-refractivity contribution in [1.82, 2.24) is 5.32 Å². The van der Waals surface area contributed by atoms with E-state index in [0.717, 1.165) is 12.1 Å². The molecule has 2 rings (SSSR count). The smallest absolute Gasteiger partial charge is 0.328 e. The number of para-hydroxylation sites is 1. The van der Waals surface area contributed by atoms with Crippen molar-refractivity contribution in [1.29, 1.82) is 0 Å². The standard InChI is InChI=1S/C20H23FN2O5S/c1-13(2)11-18(20(25)28-3)22-19(24)14-7-6-8-15(12-14)29(26,27)23-17-10-5-4-9-16(17)21/h4-10,12-13,18,23H,11H2,1-3H3,(H,22,24). The molecule has 0 aliphatic carbocycles. The number of rotatable bonds is 8. The van der Waals surface area contributed by atoms with Crippen molar-refractivity contribution in [3.05, 3.63) is 59.9 Å². The van der Waals surface area contributed by atoms with Crippen LogP contribution in [0.15, 0.2) is 53.4 Å². The maximum Gasteiger partial charge on any atom is 0.328 e. The number of carbonyl (C=O) groups is 2. The summed E-state index contributed by atoms with van der Waals surface area (Å²) in [6.07, 6.45) is 0.366. The van der Waals surface area contributed by atoms with Crippen LogP contribution in [0.2, 0.25) is 0 Å². The van der Waals surface area contributed by atoms with Gasteiger partial charge in [-0.05, 0) is 42.7 Å². The zero-order chi connectivity index (χ0) is 21.6. The van der Waals surface area contributed by atoms with Crippen LogP contribution in [0.25, 0.3) is 0 Å². The Morgan fingerprint density at radius 1 is 1.10 bits per heavy atom. The lowest BCUT2D eigenvalue weighted by Crippen LogP contribution is -2.42. The van der Waals surface area contributed by atoms with E-state index in [9.17, 15) is 22.4 Å². The Bertz CT molecular complexity index is 992. The molecule has 0 heterocycles. The first-order valence-electron chi connectivity index (χ1n) is 8.90. The van der Waals surface area contributed by atoms with Crippen LogP contribution in [-0.4, -0.2) is 33.4 Å². The highest BCUT2D eigenvalue weighted by Gasteiger charge is 2.24. The normalized spacial score (nSPS) is 12.3. The van der Waals surface area contributed by atoms with Gasteiger partial charge in [0.25, 0.3) is 15.9 Å². The van der Waals surface area contributed by atoms with Crippen LogP contribution in [0.4, 0.5) is 10.1 Å². The molecule has 7 nitrogen and oxygen atoms in total. The Balaban J connectivity index is 2.24. The Hall–Kier alpha value is -2.94. The lowest BCUT2D eigenvalue weighted by molar-refractivity contribution is -0.143. The number of hydrogen-bond acceptors (Lipinski definition) is 5. The fourth-order valence-electron chi connectivity index (χ4n) is 2.62. The minimum atomic E-state index is -4.12. The minimum Gasteiger partial charge on any atom is -0.467 e. The summed E-state index contributed by atoms with van der Waals surface area (Å²) in [5.41, 5.74) is -0.163. The molecule has 0 spiro atoms. The molecule has 29 heavy (non-hydrogen) atoms. The molecule has 0 bridgehead atoms. The number of nitrogens with one attached hydrogen (secondary N) is 2. The first kappa shape index (κ1) is 22.4. The number of benzene rings is 2. The van der Waals surface area contributed by atoms with E-state index in [1.54, 1.807) is 0 Å². The van der Waals surface area contributed by atoms with E-state index in [0.29, 0.717) is 6.42 Å². The molecular formula is C20H23FN2O5S. The SMILES string of the molecule is COC(=O)C(CC(C)C)NC(=O)c1cccc(S(=O)(=O)Nc2ccccc2F)c1. The second kappa shape index (κ2) is 9.51. The third-order valence-electron chi connectivity index (χ3n) is 4.02. The molecule has 156 valence electrons. The predicted octanol–water partition coefficient (Wildman–Crippen LogP) is 2.94. The van der Waals surface area contributed by atoms with Crippen molar-refractivity contribution in [3.63, 3.8) is 0 Å². The first-order chi connectivity index (χ1) is 13.6. The van der Waals surface area contributed by atoms with Crippen molar-refractivity contribution in [2.24, 2.45) is 5.92 Å². The number of amides is 1. The second-order valence-corrected chi connectivity index (χ2v) is 8.47. The predicted molar refractivity (Wildman–Crippen MR) is 106 cm³/mol. The maximum atomic E-state index is 13.8. The fraction of sp³-hybridized carbons (Fsp3) is 0.300. The van der Waals surface area contributed by atoms with Gasteiger partial charge in [-0.15, -0.1) is 0 Å². The summed E-state index contributed by atoms with van der Waals surface area (Å²) in [6, 6.07) is 9.73.